The number of nitrogens with one attached hydrogen (secondary N) is 1. The fraction of sp³-hybridized carbons (Fsp3) is 0.810. The molecule has 0 unspecified atom stereocenters. The highest BCUT2D eigenvalue weighted by atomic mass is 16.5. The second kappa shape index (κ2) is 9.13. The Labute approximate surface area is 172 Å². The van der Waals surface area contributed by atoms with E-state index < -0.39 is 24.1 Å². The van der Waals surface area contributed by atoms with Crippen LogP contribution < -0.4 is 5.32 Å². The summed E-state index contributed by atoms with van der Waals surface area (Å²) in [6.45, 7) is 3.65. The molecule has 1 spiro atoms. The standard InChI is InChI=1S/C21H33N3O5/c1-3-23(16-10-5-4-6-11-16)17(25)14-29-18(26)13-24-19(27)21(22-20(24)28)12-8-7-9-15(21)2/h15-16H,3-14H2,1-2H3,(H,22,28)/t15-,21-/m1/s1. The minimum atomic E-state index is -0.897. The van der Waals surface area contributed by atoms with Crippen molar-refractivity contribution in [3.8, 4) is 0 Å². The molecular weight excluding hydrogens is 374 g/mol. The average Bonchev–Trinajstić information content (AvgIpc) is 2.95. The minimum Gasteiger partial charge on any atom is -0.454 e. The number of nitrogens with zero attached hydrogens (tertiary/aromatic N) is 2. The van der Waals surface area contributed by atoms with E-state index in [1.807, 2.05) is 13.8 Å². The zero-order chi connectivity index (χ0) is 21.0. The third-order valence-corrected chi connectivity index (χ3v) is 6.82. The van der Waals surface area contributed by atoms with Crippen molar-refractivity contribution < 1.29 is 23.9 Å². The lowest BCUT2D eigenvalue weighted by atomic mass is 9.73. The molecule has 4 amide bonds. The Morgan fingerprint density at radius 1 is 1.14 bits per heavy atom. The van der Waals surface area contributed by atoms with Crippen LogP contribution in [0.2, 0.25) is 0 Å². The Hall–Kier alpha value is -2.12. The maximum Gasteiger partial charge on any atom is 0.326 e. The number of ether oxygens (including phenoxy) is 1. The monoisotopic (exact) mass is 407 g/mol. The van der Waals surface area contributed by atoms with Crippen molar-refractivity contribution >= 4 is 23.8 Å². The maximum absolute atomic E-state index is 12.9. The zero-order valence-corrected chi connectivity index (χ0v) is 17.6. The number of carbonyl (C=O) groups excluding carboxylic acids is 4. The fourth-order valence-corrected chi connectivity index (χ4v) is 5.07. The summed E-state index contributed by atoms with van der Waals surface area (Å²) in [7, 11) is 0. The van der Waals surface area contributed by atoms with E-state index in [4.69, 9.17) is 4.74 Å². The van der Waals surface area contributed by atoms with E-state index in [2.05, 4.69) is 5.32 Å². The van der Waals surface area contributed by atoms with Crippen LogP contribution in [0.5, 0.6) is 0 Å². The Morgan fingerprint density at radius 2 is 1.83 bits per heavy atom. The van der Waals surface area contributed by atoms with Gasteiger partial charge < -0.3 is 15.0 Å². The maximum atomic E-state index is 12.9. The molecule has 2 aliphatic carbocycles. The summed E-state index contributed by atoms with van der Waals surface area (Å²) in [4.78, 5) is 52.7. The second-order valence-electron chi connectivity index (χ2n) is 8.57. The smallest absolute Gasteiger partial charge is 0.326 e. The molecule has 3 fully saturated rings. The quantitative estimate of drug-likeness (QED) is 0.538. The van der Waals surface area contributed by atoms with Gasteiger partial charge in [0.2, 0.25) is 0 Å². The molecule has 29 heavy (non-hydrogen) atoms. The number of urea groups is 1. The molecule has 8 heteroatoms. The van der Waals surface area contributed by atoms with Crippen molar-refractivity contribution in [2.24, 2.45) is 5.92 Å². The van der Waals surface area contributed by atoms with Gasteiger partial charge in [-0.3, -0.25) is 19.3 Å². The predicted molar refractivity (Wildman–Crippen MR) is 106 cm³/mol. The van der Waals surface area contributed by atoms with Gasteiger partial charge in [0.05, 0.1) is 0 Å². The number of amides is 4. The minimum absolute atomic E-state index is 0.0314. The normalized spacial score (nSPS) is 27.8. The number of imide groups is 1. The van der Waals surface area contributed by atoms with Crippen LogP contribution >= 0.6 is 0 Å². The van der Waals surface area contributed by atoms with Gasteiger partial charge in [0.15, 0.2) is 6.61 Å². The van der Waals surface area contributed by atoms with Crippen molar-refractivity contribution in [3.05, 3.63) is 0 Å². The number of likely N-dealkylation sites (N-methyl/N-ethyl adjacent to an activating group) is 1. The highest BCUT2D eigenvalue weighted by Crippen LogP contribution is 2.38. The van der Waals surface area contributed by atoms with Gasteiger partial charge in [-0.05, 0) is 38.5 Å². The lowest BCUT2D eigenvalue weighted by Gasteiger charge is -2.36. The summed E-state index contributed by atoms with van der Waals surface area (Å²) >= 11 is 0. The Bertz CT molecular complexity index is 661. The number of esters is 1. The van der Waals surface area contributed by atoms with Crippen LogP contribution in [0.1, 0.15) is 71.6 Å². The summed E-state index contributed by atoms with van der Waals surface area (Å²) < 4.78 is 5.13. The van der Waals surface area contributed by atoms with Crippen LogP contribution in [-0.2, 0) is 19.1 Å². The molecule has 1 N–H and O–H groups in total. The van der Waals surface area contributed by atoms with E-state index in [1.54, 1.807) is 4.90 Å². The van der Waals surface area contributed by atoms with Crippen LogP contribution in [0.25, 0.3) is 0 Å². The van der Waals surface area contributed by atoms with Crippen LogP contribution in [0, 0.1) is 5.92 Å². The van der Waals surface area contributed by atoms with Gasteiger partial charge in [-0.25, -0.2) is 4.79 Å². The molecule has 0 aromatic carbocycles. The molecule has 1 heterocycles. The molecule has 1 aliphatic heterocycles. The van der Waals surface area contributed by atoms with E-state index in [1.165, 1.54) is 6.42 Å². The van der Waals surface area contributed by atoms with Crippen molar-refractivity contribution in [2.45, 2.75) is 83.2 Å². The van der Waals surface area contributed by atoms with E-state index in [0.29, 0.717) is 13.0 Å². The summed E-state index contributed by atoms with van der Waals surface area (Å²) in [5, 5.41) is 2.81. The lowest BCUT2D eigenvalue weighted by Crippen LogP contribution is -2.54. The number of carbonyl (C=O) groups is 4. The van der Waals surface area contributed by atoms with Gasteiger partial charge in [-0.2, -0.15) is 0 Å². The molecule has 3 rings (SSSR count). The van der Waals surface area contributed by atoms with Gasteiger partial charge in [-0.1, -0.05) is 39.0 Å². The van der Waals surface area contributed by atoms with Crippen molar-refractivity contribution in [1.29, 1.82) is 0 Å². The first kappa shape index (κ1) is 21.6. The molecule has 2 atom stereocenters. The predicted octanol–water partition coefficient (Wildman–Crippen LogP) is 2.21. The first-order valence-electron chi connectivity index (χ1n) is 11.0. The van der Waals surface area contributed by atoms with Crippen molar-refractivity contribution in [2.75, 3.05) is 19.7 Å². The summed E-state index contributed by atoms with van der Waals surface area (Å²) in [6, 6.07) is -0.344. The van der Waals surface area contributed by atoms with Crippen LogP contribution in [0.4, 0.5) is 4.79 Å². The van der Waals surface area contributed by atoms with Gasteiger partial charge in [0.25, 0.3) is 11.8 Å². The number of hydrogen-bond acceptors (Lipinski definition) is 5. The molecular formula is C21H33N3O5. The lowest BCUT2D eigenvalue weighted by molar-refractivity contribution is -0.155. The van der Waals surface area contributed by atoms with Gasteiger partial charge in [0.1, 0.15) is 12.1 Å². The van der Waals surface area contributed by atoms with Crippen LogP contribution in [0.15, 0.2) is 0 Å². The molecule has 0 aromatic heterocycles. The fourth-order valence-electron chi connectivity index (χ4n) is 5.07. The van der Waals surface area contributed by atoms with E-state index in [0.717, 1.165) is 49.8 Å². The SMILES string of the molecule is CCN(C(=O)COC(=O)CN1C(=O)N[C@@]2(CCCC[C@H]2C)C1=O)C1CCCCC1. The molecule has 2 saturated carbocycles. The molecule has 8 nitrogen and oxygen atoms in total. The Kier molecular flexibility index (Phi) is 6.80. The third kappa shape index (κ3) is 4.41. The molecule has 3 aliphatic rings. The van der Waals surface area contributed by atoms with Crippen LogP contribution in [0.3, 0.4) is 0 Å². The van der Waals surface area contributed by atoms with Gasteiger partial charge >= 0.3 is 12.0 Å². The molecule has 0 aromatic rings. The second-order valence-corrected chi connectivity index (χ2v) is 8.57. The van der Waals surface area contributed by atoms with E-state index in [-0.39, 0.29) is 30.4 Å². The van der Waals surface area contributed by atoms with Crippen molar-refractivity contribution in [3.63, 3.8) is 0 Å². The van der Waals surface area contributed by atoms with Gasteiger partial charge in [0, 0.05) is 12.6 Å². The van der Waals surface area contributed by atoms with E-state index in [9.17, 15) is 19.2 Å². The van der Waals surface area contributed by atoms with E-state index >= 15 is 0 Å². The highest BCUT2D eigenvalue weighted by Gasteiger charge is 2.55. The highest BCUT2D eigenvalue weighted by molar-refractivity contribution is 6.09. The average molecular weight is 408 g/mol. The Balaban J connectivity index is 1.53. The zero-order valence-electron chi connectivity index (χ0n) is 17.6. The Morgan fingerprint density at radius 3 is 2.48 bits per heavy atom. The van der Waals surface area contributed by atoms with Gasteiger partial charge in [-0.15, -0.1) is 0 Å². The molecule has 0 radical (unpaired) electrons. The summed E-state index contributed by atoms with van der Waals surface area (Å²) in [5.41, 5.74) is -0.897. The summed E-state index contributed by atoms with van der Waals surface area (Å²) in [5.74, 6) is -1.27. The van der Waals surface area contributed by atoms with Crippen molar-refractivity contribution in [1.82, 2.24) is 15.1 Å². The summed E-state index contributed by atoms with van der Waals surface area (Å²) in [6.07, 6.45) is 8.75. The number of rotatable bonds is 6. The first-order valence-corrected chi connectivity index (χ1v) is 11.0. The number of hydrogen-bond donors (Lipinski definition) is 1. The topological polar surface area (TPSA) is 96.0 Å². The van der Waals surface area contributed by atoms with Crippen LogP contribution in [-0.4, -0.2) is 64.9 Å². The first-order chi connectivity index (χ1) is 13.9. The molecule has 162 valence electrons. The third-order valence-electron chi connectivity index (χ3n) is 6.82. The molecule has 1 saturated heterocycles. The molecule has 0 bridgehead atoms. The largest absolute Gasteiger partial charge is 0.454 e.